The number of rotatable bonds is 7. The molecule has 1 saturated heterocycles. The van der Waals surface area contributed by atoms with Crippen molar-refractivity contribution in [1.82, 2.24) is 19.1 Å². The van der Waals surface area contributed by atoms with Crippen molar-refractivity contribution in [2.45, 2.75) is 70.1 Å². The number of imidazole rings is 1. The van der Waals surface area contributed by atoms with Crippen LogP contribution in [0.5, 0.6) is 5.88 Å². The summed E-state index contributed by atoms with van der Waals surface area (Å²) in [6.07, 6.45) is -15.7. The second kappa shape index (κ2) is 9.22. The molecule has 1 aliphatic heterocycles. The van der Waals surface area contributed by atoms with Crippen LogP contribution in [0.2, 0.25) is 0 Å². The molecule has 16 heteroatoms. The Morgan fingerprint density at radius 2 is 1.89 bits per heavy atom. The average Bonchev–Trinajstić information content (AvgIpc) is 3.49. The van der Waals surface area contributed by atoms with Crippen LogP contribution in [0, 0.1) is 5.92 Å². The number of nitrogens with two attached hydrogens (primary N) is 1. The standard InChI is InChI=1S/C20H23F4N5O7/c1-7(30)34-13-10(21)12(14(20(22,23)24)35-8(2)31)36-17(13)29-15-11(16(33-3)27-18(25)26-15)28(19(29)32)6-9-4-5-9/h9-10,12-14,17H,4-6H2,1-3H3,(H2,25,26,27)/t10-,12-,13+,14+,17+/m0/s1. The van der Waals surface area contributed by atoms with Crippen LogP contribution in [0.3, 0.4) is 0 Å². The summed E-state index contributed by atoms with van der Waals surface area (Å²) in [6, 6.07) is 0. The maximum Gasteiger partial charge on any atom is 0.428 e. The smallest absolute Gasteiger partial charge is 0.428 e. The topological polar surface area (TPSA) is 150 Å². The molecule has 0 bridgehead atoms. The number of halogens is 4. The van der Waals surface area contributed by atoms with Crippen molar-refractivity contribution in [1.29, 1.82) is 0 Å². The van der Waals surface area contributed by atoms with E-state index in [9.17, 15) is 27.6 Å². The van der Waals surface area contributed by atoms with E-state index < -0.39 is 54.5 Å². The van der Waals surface area contributed by atoms with Crippen molar-refractivity contribution in [3.63, 3.8) is 0 Å². The van der Waals surface area contributed by atoms with Crippen LogP contribution in [-0.2, 0) is 30.3 Å². The summed E-state index contributed by atoms with van der Waals surface area (Å²) >= 11 is 0. The maximum absolute atomic E-state index is 15.5. The predicted octanol–water partition coefficient (Wildman–Crippen LogP) is 1.25. The van der Waals surface area contributed by atoms with Crippen molar-refractivity contribution in [3.05, 3.63) is 10.5 Å². The first-order valence-electron chi connectivity index (χ1n) is 10.9. The molecule has 4 rings (SSSR count). The number of alkyl halides is 4. The van der Waals surface area contributed by atoms with Crippen LogP contribution in [-0.4, -0.2) is 68.8 Å². The Morgan fingerprint density at radius 3 is 2.42 bits per heavy atom. The fourth-order valence-electron chi connectivity index (χ4n) is 4.18. The van der Waals surface area contributed by atoms with Crippen LogP contribution in [0.25, 0.3) is 11.2 Å². The SMILES string of the molecule is COc1nc(N)nc2c1n(CC1CC1)c(=O)n2[C@@H]1O[C@H]([C@@H](OC(C)=O)C(F)(F)F)[C@H](F)[C@H]1OC(C)=O. The number of nitrogens with zero attached hydrogens (tertiary/aromatic N) is 4. The van der Waals surface area contributed by atoms with Crippen LogP contribution in [0.15, 0.2) is 4.79 Å². The van der Waals surface area contributed by atoms with Gasteiger partial charge in [0.1, 0.15) is 6.10 Å². The molecule has 2 aliphatic rings. The zero-order chi connectivity index (χ0) is 26.5. The molecule has 12 nitrogen and oxygen atoms in total. The van der Waals surface area contributed by atoms with Crippen LogP contribution < -0.4 is 16.2 Å². The summed E-state index contributed by atoms with van der Waals surface area (Å²) in [6.45, 7) is 1.81. The summed E-state index contributed by atoms with van der Waals surface area (Å²) in [7, 11) is 1.26. The third-order valence-electron chi connectivity index (χ3n) is 5.79. The number of carbonyl (C=O) groups is 2. The third-order valence-corrected chi connectivity index (χ3v) is 5.79. The Labute approximate surface area is 200 Å². The highest BCUT2D eigenvalue weighted by Gasteiger charge is 2.60. The number of aromatic nitrogens is 4. The molecular weight excluding hydrogens is 498 g/mol. The van der Waals surface area contributed by atoms with Crippen molar-refractivity contribution in [2.75, 3.05) is 12.8 Å². The summed E-state index contributed by atoms with van der Waals surface area (Å²) in [5.41, 5.74) is 4.72. The molecule has 3 heterocycles. The number of carbonyl (C=O) groups excluding carboxylic acids is 2. The summed E-state index contributed by atoms with van der Waals surface area (Å²) in [4.78, 5) is 44.5. The van der Waals surface area contributed by atoms with Gasteiger partial charge >= 0.3 is 23.8 Å². The fourth-order valence-corrected chi connectivity index (χ4v) is 4.18. The van der Waals surface area contributed by atoms with E-state index in [0.29, 0.717) is 6.92 Å². The lowest BCUT2D eigenvalue weighted by Crippen LogP contribution is -2.47. The Bertz CT molecular complexity index is 1240. The predicted molar refractivity (Wildman–Crippen MR) is 111 cm³/mol. The van der Waals surface area contributed by atoms with Crippen LogP contribution in [0.4, 0.5) is 23.5 Å². The summed E-state index contributed by atoms with van der Waals surface area (Å²) in [5.74, 6) is -2.70. The monoisotopic (exact) mass is 521 g/mol. The minimum absolute atomic E-state index is 0.0555. The van der Waals surface area contributed by atoms with Gasteiger partial charge in [-0.2, -0.15) is 23.1 Å². The second-order valence-electron chi connectivity index (χ2n) is 8.55. The largest absolute Gasteiger partial charge is 0.479 e. The van der Waals surface area contributed by atoms with Gasteiger partial charge < -0.3 is 24.7 Å². The molecule has 1 saturated carbocycles. The first kappa shape index (κ1) is 25.7. The maximum atomic E-state index is 15.5. The van der Waals surface area contributed by atoms with Gasteiger partial charge in [-0.1, -0.05) is 0 Å². The van der Waals surface area contributed by atoms with Gasteiger partial charge in [0.05, 0.1) is 7.11 Å². The van der Waals surface area contributed by atoms with Crippen molar-refractivity contribution >= 4 is 29.1 Å². The van der Waals surface area contributed by atoms with Gasteiger partial charge in [0.2, 0.25) is 17.9 Å². The van der Waals surface area contributed by atoms with Crippen molar-refractivity contribution in [3.8, 4) is 5.88 Å². The minimum atomic E-state index is -5.24. The van der Waals surface area contributed by atoms with E-state index in [0.717, 1.165) is 24.3 Å². The van der Waals surface area contributed by atoms with E-state index >= 15 is 4.39 Å². The number of hydrogen-bond donors (Lipinski definition) is 1. The molecule has 2 fully saturated rings. The molecule has 2 aromatic heterocycles. The van der Waals surface area contributed by atoms with Gasteiger partial charge in [-0.25, -0.2) is 13.8 Å². The first-order chi connectivity index (χ1) is 16.8. The summed E-state index contributed by atoms with van der Waals surface area (Å²) in [5, 5.41) is 0. The molecule has 2 aromatic rings. The number of fused-ring (bicyclic) bond motifs is 1. The van der Waals surface area contributed by atoms with Gasteiger partial charge in [-0.3, -0.25) is 14.2 Å². The highest BCUT2D eigenvalue weighted by atomic mass is 19.4. The molecule has 1 aliphatic carbocycles. The molecule has 0 unspecified atom stereocenters. The summed E-state index contributed by atoms with van der Waals surface area (Å²) < 4.78 is 78.4. The molecule has 198 valence electrons. The number of hydrogen-bond acceptors (Lipinski definition) is 10. The van der Waals surface area contributed by atoms with Gasteiger partial charge in [0.25, 0.3) is 0 Å². The molecule has 36 heavy (non-hydrogen) atoms. The molecule has 0 aromatic carbocycles. The second-order valence-corrected chi connectivity index (χ2v) is 8.55. The number of anilines is 1. The van der Waals surface area contributed by atoms with Crippen molar-refractivity contribution in [2.24, 2.45) is 5.92 Å². The molecule has 0 radical (unpaired) electrons. The third kappa shape index (κ3) is 4.68. The number of esters is 2. The van der Waals surface area contributed by atoms with E-state index in [1.807, 2.05) is 0 Å². The zero-order valence-corrected chi connectivity index (χ0v) is 19.3. The van der Waals surface area contributed by atoms with Crippen LogP contribution in [0.1, 0.15) is 32.9 Å². The quantitative estimate of drug-likeness (QED) is 0.417. The van der Waals surface area contributed by atoms with Gasteiger partial charge in [0.15, 0.2) is 29.7 Å². The van der Waals surface area contributed by atoms with E-state index in [1.54, 1.807) is 0 Å². The van der Waals surface area contributed by atoms with Crippen molar-refractivity contribution < 1.29 is 46.1 Å². The van der Waals surface area contributed by atoms with Gasteiger partial charge in [-0.05, 0) is 18.8 Å². The van der Waals surface area contributed by atoms with Crippen LogP contribution >= 0.6 is 0 Å². The van der Waals surface area contributed by atoms with Gasteiger partial charge in [-0.15, -0.1) is 0 Å². The zero-order valence-electron chi connectivity index (χ0n) is 19.3. The average molecular weight is 521 g/mol. The van der Waals surface area contributed by atoms with E-state index in [-0.39, 0.29) is 35.5 Å². The first-order valence-corrected chi connectivity index (χ1v) is 10.9. The van der Waals surface area contributed by atoms with Gasteiger partial charge in [0, 0.05) is 20.4 Å². The fraction of sp³-hybridized carbons (Fsp3) is 0.650. The normalized spacial score (nSPS) is 25.1. The molecule has 0 spiro atoms. The molecule has 0 amide bonds. The highest BCUT2D eigenvalue weighted by Crippen LogP contribution is 2.42. The minimum Gasteiger partial charge on any atom is -0.479 e. The number of methoxy groups -OCH3 is 1. The number of ether oxygens (including phenoxy) is 4. The lowest BCUT2D eigenvalue weighted by atomic mass is 10.1. The van der Waals surface area contributed by atoms with E-state index in [4.69, 9.17) is 19.9 Å². The molecule has 2 N–H and O–H groups in total. The lowest BCUT2D eigenvalue weighted by Gasteiger charge is -2.26. The Kier molecular flexibility index (Phi) is 6.57. The van der Waals surface area contributed by atoms with E-state index in [2.05, 4.69) is 14.7 Å². The molecule has 5 atom stereocenters. The highest BCUT2D eigenvalue weighted by molar-refractivity contribution is 5.78. The Morgan fingerprint density at radius 1 is 1.22 bits per heavy atom. The number of nitrogen functional groups attached to an aromatic ring is 1. The Hall–Kier alpha value is -3.43. The molecular formula is C20H23F4N5O7. The Balaban J connectivity index is 1.89. The lowest BCUT2D eigenvalue weighted by molar-refractivity contribution is -0.252. The van der Waals surface area contributed by atoms with E-state index in [1.165, 1.54) is 11.7 Å².